The van der Waals surface area contributed by atoms with Crippen molar-refractivity contribution in [1.82, 2.24) is 4.98 Å². The minimum absolute atomic E-state index is 0.0677. The number of aliphatic hydroxyl groups is 1. The number of nitrogens with zero attached hydrogens (tertiary/aromatic N) is 1. The second-order valence-electron chi connectivity index (χ2n) is 5.06. The summed E-state index contributed by atoms with van der Waals surface area (Å²) >= 11 is 7.62. The van der Waals surface area contributed by atoms with Crippen LogP contribution in [0.4, 0.5) is 4.39 Å². The predicted octanol–water partition coefficient (Wildman–Crippen LogP) is 3.37. The first kappa shape index (κ1) is 13.1. The van der Waals surface area contributed by atoms with Crippen LogP contribution in [0.15, 0.2) is 12.3 Å². The molecule has 0 aromatic carbocycles. The normalized spacial score (nSPS) is 28.1. The summed E-state index contributed by atoms with van der Waals surface area (Å²) in [6.07, 6.45) is 2.29. The van der Waals surface area contributed by atoms with Crippen molar-refractivity contribution in [3.05, 3.63) is 28.8 Å². The Morgan fingerprint density at radius 1 is 1.53 bits per heavy atom. The molecule has 0 bridgehead atoms. The highest BCUT2D eigenvalue weighted by atomic mass is 35.5. The van der Waals surface area contributed by atoms with Gasteiger partial charge in [-0.15, -0.1) is 0 Å². The number of hydrogen-bond acceptors (Lipinski definition) is 3. The molecule has 2 heterocycles. The highest BCUT2D eigenvalue weighted by Crippen LogP contribution is 2.46. The van der Waals surface area contributed by atoms with E-state index < -0.39 is 11.5 Å². The molecule has 0 spiro atoms. The third-order valence-corrected chi connectivity index (χ3v) is 4.57. The van der Waals surface area contributed by atoms with E-state index in [-0.39, 0.29) is 10.3 Å². The molecule has 94 valence electrons. The van der Waals surface area contributed by atoms with Crippen molar-refractivity contribution in [2.45, 2.75) is 37.0 Å². The Bertz CT molecular complexity index is 441. The summed E-state index contributed by atoms with van der Waals surface area (Å²) in [5.74, 6) is 0.176. The maximum Gasteiger partial charge on any atom is 0.219 e. The van der Waals surface area contributed by atoms with Gasteiger partial charge in [0.15, 0.2) is 0 Å². The van der Waals surface area contributed by atoms with Crippen LogP contribution in [-0.2, 0) is 5.60 Å². The molecule has 1 saturated heterocycles. The molecule has 1 aromatic rings. The summed E-state index contributed by atoms with van der Waals surface area (Å²) in [6, 6.07) is 1.48. The van der Waals surface area contributed by atoms with E-state index in [4.69, 9.17) is 11.6 Å². The molecular formula is C12H15ClFNOS. The van der Waals surface area contributed by atoms with Crippen LogP contribution in [-0.4, -0.2) is 20.6 Å². The lowest BCUT2D eigenvalue weighted by molar-refractivity contribution is 0.00890. The fourth-order valence-corrected chi connectivity index (χ4v) is 3.81. The molecule has 1 aromatic heterocycles. The van der Waals surface area contributed by atoms with Crippen molar-refractivity contribution < 1.29 is 9.50 Å². The molecule has 5 heteroatoms. The first-order chi connectivity index (χ1) is 7.82. The van der Waals surface area contributed by atoms with Crippen molar-refractivity contribution in [3.8, 4) is 0 Å². The van der Waals surface area contributed by atoms with Crippen LogP contribution in [0.2, 0.25) is 5.02 Å². The van der Waals surface area contributed by atoms with Gasteiger partial charge in [0.2, 0.25) is 5.95 Å². The maximum atomic E-state index is 13.7. The fraction of sp³-hybridized carbons (Fsp3) is 0.583. The largest absolute Gasteiger partial charge is 0.385 e. The Balaban J connectivity index is 2.40. The number of thioether (sulfide) groups is 1. The summed E-state index contributed by atoms with van der Waals surface area (Å²) in [6.45, 7) is 4.11. The van der Waals surface area contributed by atoms with E-state index in [1.807, 2.05) is 0 Å². The van der Waals surface area contributed by atoms with E-state index in [1.165, 1.54) is 12.3 Å². The first-order valence-electron chi connectivity index (χ1n) is 5.50. The van der Waals surface area contributed by atoms with Crippen molar-refractivity contribution in [3.63, 3.8) is 0 Å². The van der Waals surface area contributed by atoms with Gasteiger partial charge in [-0.2, -0.15) is 16.2 Å². The second-order valence-corrected chi connectivity index (χ2v) is 7.30. The van der Waals surface area contributed by atoms with Crippen molar-refractivity contribution >= 4 is 23.4 Å². The molecule has 1 aliphatic rings. The van der Waals surface area contributed by atoms with Crippen molar-refractivity contribution in [2.75, 3.05) is 5.75 Å². The Morgan fingerprint density at radius 3 is 2.88 bits per heavy atom. The summed E-state index contributed by atoms with van der Waals surface area (Å²) < 4.78 is 13.6. The van der Waals surface area contributed by atoms with Gasteiger partial charge >= 0.3 is 0 Å². The lowest BCUT2D eigenvalue weighted by atomic mass is 9.83. The Labute approximate surface area is 110 Å². The summed E-state index contributed by atoms with van der Waals surface area (Å²) in [7, 11) is 0. The maximum absolute atomic E-state index is 13.7. The van der Waals surface area contributed by atoms with Crippen LogP contribution < -0.4 is 0 Å². The summed E-state index contributed by atoms with van der Waals surface area (Å²) in [4.78, 5) is 3.58. The minimum atomic E-state index is -1.16. The Kier molecular flexibility index (Phi) is 3.40. The third kappa shape index (κ3) is 2.75. The number of halogens is 2. The molecule has 1 unspecified atom stereocenters. The van der Waals surface area contributed by atoms with Crippen LogP contribution in [0.5, 0.6) is 0 Å². The minimum Gasteiger partial charge on any atom is -0.385 e. The van der Waals surface area contributed by atoms with Gasteiger partial charge in [0, 0.05) is 16.5 Å². The quantitative estimate of drug-likeness (QED) is 0.798. The molecule has 0 aliphatic carbocycles. The van der Waals surface area contributed by atoms with Gasteiger partial charge in [0.1, 0.15) is 0 Å². The Hall–Kier alpha value is -0.320. The van der Waals surface area contributed by atoms with Gasteiger partial charge in [-0.05, 0) is 24.7 Å². The molecule has 2 nitrogen and oxygen atoms in total. The zero-order valence-corrected chi connectivity index (χ0v) is 11.4. The fourth-order valence-electron chi connectivity index (χ4n) is 2.32. The highest BCUT2D eigenvalue weighted by molar-refractivity contribution is 8.00. The number of aromatic nitrogens is 1. The summed E-state index contributed by atoms with van der Waals surface area (Å²) in [5.41, 5.74) is -0.935. The average molecular weight is 276 g/mol. The molecule has 17 heavy (non-hydrogen) atoms. The topological polar surface area (TPSA) is 33.1 Å². The summed E-state index contributed by atoms with van der Waals surface area (Å²) in [5, 5.41) is 11.0. The van der Waals surface area contributed by atoms with E-state index in [0.29, 0.717) is 17.9 Å². The van der Waals surface area contributed by atoms with Crippen LogP contribution in [0.1, 0.15) is 32.3 Å². The first-order valence-corrected chi connectivity index (χ1v) is 6.87. The molecule has 0 radical (unpaired) electrons. The number of hydrogen-bond donors (Lipinski definition) is 1. The Morgan fingerprint density at radius 2 is 2.24 bits per heavy atom. The molecule has 2 rings (SSSR count). The molecule has 1 fully saturated rings. The predicted molar refractivity (Wildman–Crippen MR) is 68.9 cm³/mol. The SMILES string of the molecule is CC1(C)CC(O)(c2cc(Cl)cnc2F)CCS1. The van der Waals surface area contributed by atoms with Gasteiger partial charge in [0.05, 0.1) is 10.6 Å². The van der Waals surface area contributed by atoms with Crippen molar-refractivity contribution in [1.29, 1.82) is 0 Å². The van der Waals surface area contributed by atoms with E-state index in [9.17, 15) is 9.50 Å². The second kappa shape index (κ2) is 4.41. The van der Waals surface area contributed by atoms with E-state index in [1.54, 1.807) is 11.8 Å². The number of rotatable bonds is 1. The monoisotopic (exact) mass is 275 g/mol. The van der Waals surface area contributed by atoms with Crippen LogP contribution in [0.3, 0.4) is 0 Å². The molecule has 0 amide bonds. The van der Waals surface area contributed by atoms with Gasteiger partial charge in [-0.25, -0.2) is 4.98 Å². The lowest BCUT2D eigenvalue weighted by Crippen LogP contribution is -2.39. The standard InChI is InChI=1S/C12H15ClFNOS/c1-11(2)7-12(16,3-4-17-11)9-5-8(13)6-15-10(9)14/h5-6,16H,3-4,7H2,1-2H3. The number of pyridine rings is 1. The smallest absolute Gasteiger partial charge is 0.219 e. The zero-order valence-electron chi connectivity index (χ0n) is 9.83. The van der Waals surface area contributed by atoms with E-state index >= 15 is 0 Å². The van der Waals surface area contributed by atoms with Crippen LogP contribution in [0.25, 0.3) is 0 Å². The van der Waals surface area contributed by atoms with Gasteiger partial charge in [0.25, 0.3) is 0 Å². The van der Waals surface area contributed by atoms with E-state index in [2.05, 4.69) is 18.8 Å². The molecule has 1 atom stereocenters. The van der Waals surface area contributed by atoms with Gasteiger partial charge in [-0.3, -0.25) is 0 Å². The third-order valence-electron chi connectivity index (χ3n) is 3.03. The average Bonchev–Trinajstić information content (AvgIpc) is 2.19. The zero-order chi connectivity index (χ0) is 12.7. The van der Waals surface area contributed by atoms with Crippen LogP contribution >= 0.6 is 23.4 Å². The molecule has 0 saturated carbocycles. The highest BCUT2D eigenvalue weighted by Gasteiger charge is 2.42. The van der Waals surface area contributed by atoms with Gasteiger partial charge in [-0.1, -0.05) is 25.4 Å². The molecule has 1 N–H and O–H groups in total. The van der Waals surface area contributed by atoms with Crippen LogP contribution in [0, 0.1) is 5.95 Å². The molecule has 1 aliphatic heterocycles. The van der Waals surface area contributed by atoms with Gasteiger partial charge < -0.3 is 5.11 Å². The van der Waals surface area contributed by atoms with E-state index in [0.717, 1.165) is 5.75 Å². The molecular weight excluding hydrogens is 261 g/mol. The lowest BCUT2D eigenvalue weighted by Gasteiger charge is -2.41. The van der Waals surface area contributed by atoms with Crippen molar-refractivity contribution in [2.24, 2.45) is 0 Å².